The summed E-state index contributed by atoms with van der Waals surface area (Å²) in [6.07, 6.45) is 3.01. The van der Waals surface area contributed by atoms with Gasteiger partial charge in [0.05, 0.1) is 16.4 Å². The number of benzene rings is 1. The molecule has 0 bridgehead atoms. The maximum atomic E-state index is 11.4. The number of halogens is 1. The molecule has 6 heteroatoms. The van der Waals surface area contributed by atoms with Gasteiger partial charge in [-0.1, -0.05) is 17.7 Å². The number of fused-ring (bicyclic) bond motifs is 1. The number of hydrogen-bond donors (Lipinski definition) is 2. The minimum Gasteiger partial charge on any atom is -0.482 e. The Morgan fingerprint density at radius 3 is 3.06 bits per heavy atom. The highest BCUT2D eigenvalue weighted by molar-refractivity contribution is 6.34. The standard InChI is InChI=1S/C12H11ClN2O3/c1-2-3-11(16)14-8-5-10-9(4-7(8)13)15-12(17)6-18-10/h2-5H,6H2,1H3,(H,14,16)(H,15,17). The van der Waals surface area contributed by atoms with E-state index in [-0.39, 0.29) is 18.4 Å². The summed E-state index contributed by atoms with van der Waals surface area (Å²) in [5, 5.41) is 5.58. The van der Waals surface area contributed by atoms with Crippen LogP contribution in [-0.4, -0.2) is 18.4 Å². The van der Waals surface area contributed by atoms with E-state index in [4.69, 9.17) is 16.3 Å². The first kappa shape index (κ1) is 12.4. The summed E-state index contributed by atoms with van der Waals surface area (Å²) in [4.78, 5) is 22.5. The Morgan fingerprint density at radius 1 is 1.56 bits per heavy atom. The van der Waals surface area contributed by atoms with Gasteiger partial charge in [-0.3, -0.25) is 9.59 Å². The molecule has 2 amide bonds. The van der Waals surface area contributed by atoms with Gasteiger partial charge >= 0.3 is 0 Å². The van der Waals surface area contributed by atoms with Crippen LogP contribution in [0.15, 0.2) is 24.3 Å². The van der Waals surface area contributed by atoms with Crippen molar-refractivity contribution in [2.24, 2.45) is 0 Å². The van der Waals surface area contributed by atoms with Crippen LogP contribution in [0.2, 0.25) is 5.02 Å². The fraction of sp³-hybridized carbons (Fsp3) is 0.167. The van der Waals surface area contributed by atoms with Crippen molar-refractivity contribution in [2.45, 2.75) is 6.92 Å². The first-order valence-corrected chi connectivity index (χ1v) is 5.68. The third-order valence-electron chi connectivity index (χ3n) is 2.28. The van der Waals surface area contributed by atoms with Gasteiger partial charge in [-0.15, -0.1) is 0 Å². The maximum absolute atomic E-state index is 11.4. The Balaban J connectivity index is 2.28. The molecule has 2 N–H and O–H groups in total. The van der Waals surface area contributed by atoms with Crippen molar-refractivity contribution in [3.8, 4) is 5.75 Å². The van der Waals surface area contributed by atoms with Crippen molar-refractivity contribution in [3.05, 3.63) is 29.3 Å². The zero-order valence-corrected chi connectivity index (χ0v) is 10.4. The molecule has 0 saturated heterocycles. The van der Waals surface area contributed by atoms with Gasteiger partial charge in [-0.2, -0.15) is 0 Å². The molecular formula is C12H11ClN2O3. The number of amides is 2. The number of hydrogen-bond acceptors (Lipinski definition) is 3. The number of nitrogens with one attached hydrogen (secondary N) is 2. The highest BCUT2D eigenvalue weighted by Crippen LogP contribution is 2.36. The van der Waals surface area contributed by atoms with Crippen molar-refractivity contribution in [3.63, 3.8) is 0 Å². The number of rotatable bonds is 2. The number of carbonyl (C=O) groups excluding carboxylic acids is 2. The molecule has 1 aromatic rings. The van der Waals surface area contributed by atoms with E-state index in [9.17, 15) is 9.59 Å². The quantitative estimate of drug-likeness (QED) is 0.807. The van der Waals surface area contributed by atoms with Gasteiger partial charge < -0.3 is 15.4 Å². The van der Waals surface area contributed by atoms with Crippen LogP contribution >= 0.6 is 11.6 Å². The van der Waals surface area contributed by atoms with Crippen LogP contribution < -0.4 is 15.4 Å². The predicted octanol–water partition coefficient (Wildman–Crippen LogP) is 2.19. The maximum Gasteiger partial charge on any atom is 0.262 e. The van der Waals surface area contributed by atoms with Gasteiger partial charge in [0, 0.05) is 6.07 Å². The summed E-state index contributed by atoms with van der Waals surface area (Å²) < 4.78 is 5.23. The molecule has 0 fully saturated rings. The normalized spacial score (nSPS) is 13.8. The van der Waals surface area contributed by atoms with E-state index >= 15 is 0 Å². The van der Waals surface area contributed by atoms with Crippen LogP contribution in [0.5, 0.6) is 5.75 Å². The van der Waals surface area contributed by atoms with Crippen LogP contribution in [-0.2, 0) is 9.59 Å². The SMILES string of the molecule is CC=CC(=O)Nc1cc2c(cc1Cl)NC(=O)CO2. The van der Waals surface area contributed by atoms with Crippen molar-refractivity contribution < 1.29 is 14.3 Å². The fourth-order valence-corrected chi connectivity index (χ4v) is 1.73. The van der Waals surface area contributed by atoms with E-state index in [0.717, 1.165) is 0 Å². The third kappa shape index (κ3) is 2.62. The van der Waals surface area contributed by atoms with Gasteiger partial charge in [0.1, 0.15) is 5.75 Å². The van der Waals surface area contributed by atoms with E-state index < -0.39 is 0 Å². The lowest BCUT2D eigenvalue weighted by Crippen LogP contribution is -2.25. The van der Waals surface area contributed by atoms with E-state index in [1.165, 1.54) is 6.08 Å². The van der Waals surface area contributed by atoms with E-state index in [2.05, 4.69) is 10.6 Å². The van der Waals surface area contributed by atoms with Gasteiger partial charge in [0.2, 0.25) is 5.91 Å². The van der Waals surface area contributed by atoms with Gasteiger partial charge in [-0.25, -0.2) is 0 Å². The molecule has 2 rings (SSSR count). The summed E-state index contributed by atoms with van der Waals surface area (Å²) in [6.45, 7) is 1.70. The lowest BCUT2D eigenvalue weighted by Gasteiger charge is -2.19. The van der Waals surface area contributed by atoms with Crippen LogP contribution in [0, 0.1) is 0 Å². The monoisotopic (exact) mass is 266 g/mol. The topological polar surface area (TPSA) is 67.4 Å². The van der Waals surface area contributed by atoms with E-state index in [1.54, 1.807) is 25.1 Å². The molecule has 1 aliphatic rings. The Morgan fingerprint density at radius 2 is 2.33 bits per heavy atom. The second-order valence-corrected chi connectivity index (χ2v) is 4.06. The Labute approximate surface area is 109 Å². The number of allylic oxidation sites excluding steroid dienone is 1. The average Bonchev–Trinajstić information content (AvgIpc) is 2.31. The molecule has 0 unspecified atom stereocenters. The molecule has 1 aromatic carbocycles. The van der Waals surface area contributed by atoms with Crippen molar-refractivity contribution in [2.75, 3.05) is 17.2 Å². The minimum absolute atomic E-state index is 0.0448. The molecular weight excluding hydrogens is 256 g/mol. The Kier molecular flexibility index (Phi) is 3.53. The molecule has 1 heterocycles. The van der Waals surface area contributed by atoms with E-state index in [1.807, 2.05) is 0 Å². The predicted molar refractivity (Wildman–Crippen MR) is 69.0 cm³/mol. The second kappa shape index (κ2) is 5.10. The summed E-state index contributed by atoms with van der Waals surface area (Å²) in [7, 11) is 0. The van der Waals surface area contributed by atoms with Gasteiger partial charge in [0.15, 0.2) is 6.61 Å². The summed E-state index contributed by atoms with van der Waals surface area (Å²) in [5.74, 6) is -0.0294. The average molecular weight is 267 g/mol. The molecule has 0 atom stereocenters. The minimum atomic E-state index is -0.279. The van der Waals surface area contributed by atoms with Crippen LogP contribution in [0.3, 0.4) is 0 Å². The number of carbonyl (C=O) groups is 2. The highest BCUT2D eigenvalue weighted by Gasteiger charge is 2.18. The molecule has 0 radical (unpaired) electrons. The lowest BCUT2D eigenvalue weighted by atomic mass is 10.2. The first-order chi connectivity index (χ1) is 8.60. The van der Waals surface area contributed by atoms with Gasteiger partial charge in [-0.05, 0) is 19.1 Å². The van der Waals surface area contributed by atoms with Crippen LogP contribution in [0.25, 0.3) is 0 Å². The zero-order valence-electron chi connectivity index (χ0n) is 9.62. The van der Waals surface area contributed by atoms with Crippen molar-refractivity contribution >= 4 is 34.8 Å². The first-order valence-electron chi connectivity index (χ1n) is 5.30. The lowest BCUT2D eigenvalue weighted by molar-refractivity contribution is -0.118. The molecule has 0 aliphatic carbocycles. The number of ether oxygens (including phenoxy) is 1. The number of anilines is 2. The Hall–Kier alpha value is -2.01. The molecule has 0 aromatic heterocycles. The summed E-state index contributed by atoms with van der Waals surface area (Å²) in [6, 6.07) is 3.12. The zero-order chi connectivity index (χ0) is 13.1. The molecule has 1 aliphatic heterocycles. The van der Waals surface area contributed by atoms with Crippen LogP contribution in [0.4, 0.5) is 11.4 Å². The van der Waals surface area contributed by atoms with Crippen molar-refractivity contribution in [1.29, 1.82) is 0 Å². The summed E-state index contributed by atoms with van der Waals surface area (Å²) in [5.41, 5.74) is 0.940. The smallest absolute Gasteiger partial charge is 0.262 e. The molecule has 0 saturated carbocycles. The third-order valence-corrected chi connectivity index (χ3v) is 2.59. The Bertz CT molecular complexity index is 540. The van der Waals surface area contributed by atoms with Crippen molar-refractivity contribution in [1.82, 2.24) is 0 Å². The molecule has 94 valence electrons. The summed E-state index contributed by atoms with van der Waals surface area (Å²) >= 11 is 6.01. The van der Waals surface area contributed by atoms with E-state index in [0.29, 0.717) is 22.1 Å². The van der Waals surface area contributed by atoms with Gasteiger partial charge in [0.25, 0.3) is 5.91 Å². The molecule has 0 spiro atoms. The fourth-order valence-electron chi connectivity index (χ4n) is 1.52. The second-order valence-electron chi connectivity index (χ2n) is 3.65. The largest absolute Gasteiger partial charge is 0.482 e. The molecule has 18 heavy (non-hydrogen) atoms. The van der Waals surface area contributed by atoms with Crippen LogP contribution in [0.1, 0.15) is 6.92 Å². The molecule has 5 nitrogen and oxygen atoms in total. The highest BCUT2D eigenvalue weighted by atomic mass is 35.5.